The van der Waals surface area contributed by atoms with Gasteiger partial charge in [-0.2, -0.15) is 13.2 Å². The van der Waals surface area contributed by atoms with Crippen LogP contribution >= 0.6 is 0 Å². The van der Waals surface area contributed by atoms with Crippen LogP contribution in [-0.2, 0) is 10.9 Å². The Balaban J connectivity index is 2.76. The maximum absolute atomic E-state index is 12.5. The topological polar surface area (TPSA) is 62.7 Å². The van der Waals surface area contributed by atoms with E-state index in [4.69, 9.17) is 4.74 Å². The fourth-order valence-electron chi connectivity index (χ4n) is 1.27. The summed E-state index contributed by atoms with van der Waals surface area (Å²) in [6.45, 7) is 3.18. The van der Waals surface area contributed by atoms with Crippen LogP contribution in [-0.4, -0.2) is 19.9 Å². The summed E-state index contributed by atoms with van der Waals surface area (Å²) in [4.78, 5) is 14.9. The molecule has 0 bridgehead atoms. The number of ether oxygens (including phenoxy) is 1. The molecule has 1 rings (SSSR count). The summed E-state index contributed by atoms with van der Waals surface area (Å²) < 4.78 is 42.2. The van der Waals surface area contributed by atoms with Crippen molar-refractivity contribution in [2.45, 2.75) is 6.18 Å². The summed E-state index contributed by atoms with van der Waals surface area (Å²) in [5.41, 5.74) is -0.857. The highest BCUT2D eigenvalue weighted by molar-refractivity contribution is 5.90. The Morgan fingerprint density at radius 3 is 2.70 bits per heavy atom. The van der Waals surface area contributed by atoms with E-state index in [1.165, 1.54) is 19.2 Å². The van der Waals surface area contributed by atoms with Crippen LogP contribution in [0.4, 0.5) is 23.7 Å². The average Bonchev–Trinajstić information content (AvgIpc) is 2.37. The number of urea groups is 1. The number of halogens is 3. The number of benzene rings is 1. The lowest BCUT2D eigenvalue weighted by molar-refractivity contribution is -0.137. The Bertz CT molecular complexity index is 527. The molecule has 0 saturated carbocycles. The second-order valence-corrected chi connectivity index (χ2v) is 3.54. The minimum absolute atomic E-state index is 0.000611. The number of amides is 2. The summed E-state index contributed by atoms with van der Waals surface area (Å²) in [6.07, 6.45) is -3.33. The monoisotopic (exact) mass is 287 g/mol. The van der Waals surface area contributed by atoms with Crippen LogP contribution in [0.2, 0.25) is 0 Å². The first-order valence-electron chi connectivity index (χ1n) is 5.32. The van der Waals surface area contributed by atoms with Crippen LogP contribution in [0.1, 0.15) is 5.56 Å². The molecule has 108 valence electrons. The normalized spacial score (nSPS) is 11.7. The number of alkyl halides is 3. The van der Waals surface area contributed by atoms with E-state index in [9.17, 15) is 18.0 Å². The van der Waals surface area contributed by atoms with E-state index in [2.05, 4.69) is 22.3 Å². The molecule has 0 fully saturated rings. The second-order valence-electron chi connectivity index (χ2n) is 3.54. The van der Waals surface area contributed by atoms with Gasteiger partial charge in [0.15, 0.2) is 0 Å². The Morgan fingerprint density at radius 1 is 1.45 bits per heavy atom. The van der Waals surface area contributed by atoms with E-state index in [-0.39, 0.29) is 11.6 Å². The maximum atomic E-state index is 12.5. The molecule has 0 aromatic heterocycles. The van der Waals surface area contributed by atoms with Gasteiger partial charge in [-0.05, 0) is 24.9 Å². The lowest BCUT2D eigenvalue weighted by Crippen LogP contribution is -2.28. The van der Waals surface area contributed by atoms with Crippen molar-refractivity contribution in [3.8, 4) is 0 Å². The quantitative estimate of drug-likeness (QED) is 0.660. The molecule has 0 aliphatic rings. The van der Waals surface area contributed by atoms with Crippen molar-refractivity contribution in [1.29, 1.82) is 0 Å². The van der Waals surface area contributed by atoms with Gasteiger partial charge >= 0.3 is 12.2 Å². The van der Waals surface area contributed by atoms with E-state index < -0.39 is 17.8 Å². The standard InChI is InChI=1S/C12H12F3N3O2/c1-16-7-10(20-2)18-11(19)17-9-5-3-4-8(6-9)12(13,14)15/h3-7H,1H2,2H3,(H2,17,18,19)/b10-7-. The number of hydrogen-bond acceptors (Lipinski definition) is 3. The van der Waals surface area contributed by atoms with Crippen molar-refractivity contribution >= 4 is 18.4 Å². The fourth-order valence-corrected chi connectivity index (χ4v) is 1.27. The molecule has 0 atom stereocenters. The zero-order valence-electron chi connectivity index (χ0n) is 10.5. The van der Waals surface area contributed by atoms with E-state index in [1.807, 2.05) is 0 Å². The van der Waals surface area contributed by atoms with Crippen molar-refractivity contribution in [2.24, 2.45) is 4.99 Å². The van der Waals surface area contributed by atoms with Crippen molar-refractivity contribution in [1.82, 2.24) is 5.32 Å². The van der Waals surface area contributed by atoms with Gasteiger partial charge in [-0.25, -0.2) is 4.79 Å². The molecule has 0 heterocycles. The molecule has 2 amide bonds. The van der Waals surface area contributed by atoms with E-state index >= 15 is 0 Å². The summed E-state index contributed by atoms with van der Waals surface area (Å²) >= 11 is 0. The largest absolute Gasteiger partial charge is 0.481 e. The highest BCUT2D eigenvalue weighted by Gasteiger charge is 2.30. The fraction of sp³-hybridized carbons (Fsp3) is 0.167. The Labute approximate surface area is 113 Å². The smallest absolute Gasteiger partial charge is 0.416 e. The van der Waals surface area contributed by atoms with Crippen LogP contribution in [0.15, 0.2) is 41.3 Å². The first kappa shape index (κ1) is 15.5. The molecule has 0 saturated heterocycles. The van der Waals surface area contributed by atoms with Crippen LogP contribution < -0.4 is 10.6 Å². The molecule has 1 aromatic rings. The summed E-state index contributed by atoms with van der Waals surface area (Å²) in [5.74, 6) is 0.00414. The number of rotatable bonds is 4. The van der Waals surface area contributed by atoms with Gasteiger partial charge in [0.25, 0.3) is 0 Å². The first-order chi connectivity index (χ1) is 9.36. The number of aliphatic imine (C=N–C) groups is 1. The number of anilines is 1. The minimum atomic E-state index is -4.47. The third-order valence-electron chi connectivity index (χ3n) is 2.11. The Kier molecular flexibility index (Phi) is 5.13. The molecular formula is C12H12F3N3O2. The average molecular weight is 287 g/mol. The number of nitrogens with one attached hydrogen (secondary N) is 2. The van der Waals surface area contributed by atoms with Gasteiger partial charge in [0, 0.05) is 5.69 Å². The van der Waals surface area contributed by atoms with Crippen LogP contribution in [0.25, 0.3) is 0 Å². The van der Waals surface area contributed by atoms with Crippen molar-refractivity contribution in [3.05, 3.63) is 41.9 Å². The van der Waals surface area contributed by atoms with Crippen LogP contribution in [0.3, 0.4) is 0 Å². The molecular weight excluding hydrogens is 275 g/mol. The second kappa shape index (κ2) is 6.60. The van der Waals surface area contributed by atoms with E-state index in [1.54, 1.807) is 0 Å². The maximum Gasteiger partial charge on any atom is 0.416 e. The van der Waals surface area contributed by atoms with Gasteiger partial charge in [-0.1, -0.05) is 6.07 Å². The van der Waals surface area contributed by atoms with Crippen molar-refractivity contribution < 1.29 is 22.7 Å². The molecule has 20 heavy (non-hydrogen) atoms. The summed E-state index contributed by atoms with van der Waals surface area (Å²) in [5, 5.41) is 4.49. The number of carbonyl (C=O) groups excluding carboxylic acids is 1. The molecule has 0 unspecified atom stereocenters. The predicted octanol–water partition coefficient (Wildman–Crippen LogP) is 2.97. The molecule has 1 aromatic carbocycles. The van der Waals surface area contributed by atoms with Gasteiger partial charge in [-0.15, -0.1) is 0 Å². The molecule has 5 nitrogen and oxygen atoms in total. The first-order valence-corrected chi connectivity index (χ1v) is 5.32. The zero-order chi connectivity index (χ0) is 15.2. The van der Waals surface area contributed by atoms with Gasteiger partial charge in [0.2, 0.25) is 5.88 Å². The van der Waals surface area contributed by atoms with Crippen LogP contribution in [0, 0.1) is 0 Å². The molecule has 0 spiro atoms. The summed E-state index contributed by atoms with van der Waals surface area (Å²) in [7, 11) is 1.29. The highest BCUT2D eigenvalue weighted by atomic mass is 19.4. The number of hydrogen-bond donors (Lipinski definition) is 2. The van der Waals surface area contributed by atoms with Crippen molar-refractivity contribution in [2.75, 3.05) is 12.4 Å². The van der Waals surface area contributed by atoms with Gasteiger partial charge in [0.05, 0.1) is 18.9 Å². The van der Waals surface area contributed by atoms with E-state index in [0.29, 0.717) is 0 Å². The molecule has 0 radical (unpaired) electrons. The molecule has 2 N–H and O–H groups in total. The Hall–Kier alpha value is -2.51. The van der Waals surface area contributed by atoms with Gasteiger partial charge < -0.3 is 10.1 Å². The lowest BCUT2D eigenvalue weighted by Gasteiger charge is -2.11. The zero-order valence-corrected chi connectivity index (χ0v) is 10.5. The van der Waals surface area contributed by atoms with Crippen molar-refractivity contribution in [3.63, 3.8) is 0 Å². The highest BCUT2D eigenvalue weighted by Crippen LogP contribution is 2.30. The number of methoxy groups -OCH3 is 1. The SMILES string of the molecule is C=N/C=C(/NC(=O)Nc1cccc(C(F)(F)F)c1)OC. The van der Waals surface area contributed by atoms with Crippen LogP contribution in [0.5, 0.6) is 0 Å². The molecule has 8 heteroatoms. The lowest BCUT2D eigenvalue weighted by atomic mass is 10.2. The predicted molar refractivity (Wildman–Crippen MR) is 68.2 cm³/mol. The van der Waals surface area contributed by atoms with E-state index in [0.717, 1.165) is 18.3 Å². The third kappa shape index (κ3) is 4.63. The number of nitrogens with zero attached hydrogens (tertiary/aromatic N) is 1. The minimum Gasteiger partial charge on any atom is -0.481 e. The summed E-state index contributed by atoms with van der Waals surface area (Å²) in [6, 6.07) is 3.49. The van der Waals surface area contributed by atoms with Gasteiger partial charge in [-0.3, -0.25) is 10.3 Å². The Morgan fingerprint density at radius 2 is 2.15 bits per heavy atom. The third-order valence-corrected chi connectivity index (χ3v) is 2.11. The van der Waals surface area contributed by atoms with Gasteiger partial charge in [0.1, 0.15) is 0 Å². The molecule has 0 aliphatic heterocycles. The number of carbonyl (C=O) groups is 1. The molecule has 0 aliphatic carbocycles.